The van der Waals surface area contributed by atoms with Gasteiger partial charge in [-0.1, -0.05) is 0 Å². The van der Waals surface area contributed by atoms with E-state index in [2.05, 4.69) is 4.72 Å². The molecule has 0 radical (unpaired) electrons. The van der Waals surface area contributed by atoms with Gasteiger partial charge in [0.2, 0.25) is 5.91 Å². The van der Waals surface area contributed by atoms with Crippen LogP contribution < -0.4 is 10.5 Å². The summed E-state index contributed by atoms with van der Waals surface area (Å²) < 4.78 is 27.4. The molecule has 9 heteroatoms. The number of non-ortho nitro benzene ring substituents is 1. The van der Waals surface area contributed by atoms with Crippen molar-refractivity contribution in [1.82, 2.24) is 0 Å². The molecule has 0 aliphatic carbocycles. The Morgan fingerprint density at radius 2 is 1.75 bits per heavy atom. The van der Waals surface area contributed by atoms with Crippen LogP contribution in [-0.4, -0.2) is 19.2 Å². The first-order valence-corrected chi connectivity index (χ1v) is 8.28. The first-order chi connectivity index (χ1) is 11.1. The van der Waals surface area contributed by atoms with E-state index in [1.807, 2.05) is 0 Å². The predicted octanol–water partition coefficient (Wildman–Crippen LogP) is 2.11. The van der Waals surface area contributed by atoms with Gasteiger partial charge in [0.05, 0.1) is 9.82 Å². The van der Waals surface area contributed by atoms with Crippen molar-refractivity contribution in [2.24, 2.45) is 5.73 Å². The van der Waals surface area contributed by atoms with Crippen molar-refractivity contribution >= 4 is 27.3 Å². The number of hydrogen-bond donors (Lipinski definition) is 2. The molecule has 0 unspecified atom stereocenters. The minimum absolute atomic E-state index is 0.173. The summed E-state index contributed by atoms with van der Waals surface area (Å²) in [5.41, 5.74) is 6.18. The van der Waals surface area contributed by atoms with Crippen molar-refractivity contribution in [2.45, 2.75) is 18.7 Å². The maximum absolute atomic E-state index is 12.5. The van der Waals surface area contributed by atoms with E-state index in [0.717, 1.165) is 6.07 Å². The van der Waals surface area contributed by atoms with E-state index in [-0.39, 0.29) is 21.8 Å². The average molecular weight is 349 g/mol. The highest BCUT2D eigenvalue weighted by atomic mass is 32.2. The Labute approximate surface area is 138 Å². The molecule has 8 nitrogen and oxygen atoms in total. The zero-order valence-corrected chi connectivity index (χ0v) is 13.8. The summed E-state index contributed by atoms with van der Waals surface area (Å²) in [6, 6.07) is 7.87. The third-order valence-electron chi connectivity index (χ3n) is 3.53. The molecule has 0 saturated heterocycles. The lowest BCUT2D eigenvalue weighted by atomic mass is 10.1. The Morgan fingerprint density at radius 1 is 1.17 bits per heavy atom. The van der Waals surface area contributed by atoms with Crippen molar-refractivity contribution < 1.29 is 18.1 Å². The summed E-state index contributed by atoms with van der Waals surface area (Å²) in [7, 11) is -4.03. The molecule has 0 atom stereocenters. The fourth-order valence-corrected chi connectivity index (χ4v) is 3.50. The van der Waals surface area contributed by atoms with E-state index >= 15 is 0 Å². The van der Waals surface area contributed by atoms with Crippen molar-refractivity contribution in [3.05, 3.63) is 63.2 Å². The van der Waals surface area contributed by atoms with Crippen LogP contribution in [0, 0.1) is 24.0 Å². The van der Waals surface area contributed by atoms with E-state index in [1.165, 1.54) is 30.3 Å². The molecule has 0 aromatic heterocycles. The summed E-state index contributed by atoms with van der Waals surface area (Å²) in [4.78, 5) is 21.2. The lowest BCUT2D eigenvalue weighted by molar-refractivity contribution is -0.385. The summed E-state index contributed by atoms with van der Waals surface area (Å²) in [5, 5.41) is 10.9. The first kappa shape index (κ1) is 17.4. The lowest BCUT2D eigenvalue weighted by Gasteiger charge is -2.12. The van der Waals surface area contributed by atoms with Gasteiger partial charge < -0.3 is 5.73 Å². The van der Waals surface area contributed by atoms with Crippen LogP contribution in [0.2, 0.25) is 0 Å². The van der Waals surface area contributed by atoms with Gasteiger partial charge in [0.1, 0.15) is 0 Å². The van der Waals surface area contributed by atoms with Gasteiger partial charge in [-0.2, -0.15) is 0 Å². The molecule has 3 N–H and O–H groups in total. The second kappa shape index (κ2) is 6.28. The molecular weight excluding hydrogens is 334 g/mol. The van der Waals surface area contributed by atoms with Crippen molar-refractivity contribution in [3.8, 4) is 0 Å². The van der Waals surface area contributed by atoms with Gasteiger partial charge in [0, 0.05) is 23.4 Å². The number of nitrogens with two attached hydrogens (primary N) is 1. The number of amides is 1. The summed E-state index contributed by atoms with van der Waals surface area (Å²) >= 11 is 0. The predicted molar refractivity (Wildman–Crippen MR) is 88.3 cm³/mol. The fraction of sp³-hybridized carbons (Fsp3) is 0.133. The van der Waals surface area contributed by atoms with Crippen molar-refractivity contribution in [1.29, 1.82) is 0 Å². The molecule has 0 heterocycles. The van der Waals surface area contributed by atoms with Crippen LogP contribution in [0.3, 0.4) is 0 Å². The molecule has 0 bridgehead atoms. The second-order valence-electron chi connectivity index (χ2n) is 5.19. The van der Waals surface area contributed by atoms with Gasteiger partial charge in [-0.3, -0.25) is 19.6 Å². The summed E-state index contributed by atoms with van der Waals surface area (Å²) in [6.45, 7) is 3.17. The Bertz CT molecular complexity index is 921. The van der Waals surface area contributed by atoms with Crippen molar-refractivity contribution in [2.75, 3.05) is 4.72 Å². The molecule has 126 valence electrons. The highest BCUT2D eigenvalue weighted by Crippen LogP contribution is 2.27. The minimum Gasteiger partial charge on any atom is -0.366 e. The lowest BCUT2D eigenvalue weighted by Crippen LogP contribution is -2.16. The van der Waals surface area contributed by atoms with Crippen LogP contribution in [0.4, 0.5) is 11.4 Å². The van der Waals surface area contributed by atoms with Crippen LogP contribution in [0.5, 0.6) is 0 Å². The average Bonchev–Trinajstić information content (AvgIpc) is 2.49. The number of benzene rings is 2. The Hall–Kier alpha value is -2.94. The van der Waals surface area contributed by atoms with Gasteiger partial charge in [0.15, 0.2) is 0 Å². The molecule has 0 aliphatic heterocycles. The molecule has 0 aliphatic rings. The monoisotopic (exact) mass is 349 g/mol. The largest absolute Gasteiger partial charge is 0.366 e. The number of nitro groups is 1. The molecular formula is C15H15N3O5S. The highest BCUT2D eigenvalue weighted by Gasteiger charge is 2.22. The number of nitro benzene ring substituents is 1. The van der Waals surface area contributed by atoms with Crippen LogP contribution in [-0.2, 0) is 10.0 Å². The van der Waals surface area contributed by atoms with Gasteiger partial charge >= 0.3 is 0 Å². The standard InChI is InChI=1S/C15H15N3O5S/c1-9-7-13(18(20)21)8-14(10(9)2)24(22,23)17-12-5-3-11(4-6-12)15(16)19/h3-8,17H,1-2H3,(H2,16,19). The Morgan fingerprint density at radius 3 is 2.25 bits per heavy atom. The fourth-order valence-electron chi connectivity index (χ4n) is 2.11. The van der Waals surface area contributed by atoms with Gasteiger partial charge in [-0.05, 0) is 49.2 Å². The van der Waals surface area contributed by atoms with Crippen LogP contribution in [0.15, 0.2) is 41.3 Å². The molecule has 0 fully saturated rings. The number of primary amides is 1. The van der Waals surface area contributed by atoms with E-state index < -0.39 is 20.9 Å². The molecule has 2 aromatic carbocycles. The van der Waals surface area contributed by atoms with Crippen LogP contribution >= 0.6 is 0 Å². The van der Waals surface area contributed by atoms with E-state index in [9.17, 15) is 23.3 Å². The van der Waals surface area contributed by atoms with E-state index in [1.54, 1.807) is 13.8 Å². The van der Waals surface area contributed by atoms with Crippen LogP contribution in [0.1, 0.15) is 21.5 Å². The maximum atomic E-state index is 12.5. The molecule has 2 aromatic rings. The SMILES string of the molecule is Cc1cc([N+](=O)[O-])cc(S(=O)(=O)Nc2ccc(C(N)=O)cc2)c1C. The van der Waals surface area contributed by atoms with Crippen molar-refractivity contribution in [3.63, 3.8) is 0 Å². The number of nitrogens with one attached hydrogen (secondary N) is 1. The number of hydrogen-bond acceptors (Lipinski definition) is 5. The number of carbonyl (C=O) groups excluding carboxylic acids is 1. The Kier molecular flexibility index (Phi) is 4.56. The molecule has 0 spiro atoms. The number of rotatable bonds is 5. The number of sulfonamides is 1. The first-order valence-electron chi connectivity index (χ1n) is 6.80. The number of carbonyl (C=O) groups is 1. The smallest absolute Gasteiger partial charge is 0.271 e. The Balaban J connectivity index is 2.43. The third-order valence-corrected chi connectivity index (χ3v) is 5.03. The molecule has 2 rings (SSSR count). The number of aryl methyl sites for hydroxylation is 1. The molecule has 24 heavy (non-hydrogen) atoms. The highest BCUT2D eigenvalue weighted by molar-refractivity contribution is 7.92. The zero-order chi connectivity index (χ0) is 18.1. The zero-order valence-electron chi connectivity index (χ0n) is 12.9. The van der Waals surface area contributed by atoms with E-state index in [4.69, 9.17) is 5.73 Å². The van der Waals surface area contributed by atoms with Gasteiger partial charge in [0.25, 0.3) is 15.7 Å². The van der Waals surface area contributed by atoms with Gasteiger partial charge in [-0.25, -0.2) is 8.42 Å². The van der Waals surface area contributed by atoms with Crippen LogP contribution in [0.25, 0.3) is 0 Å². The summed E-state index contributed by atoms with van der Waals surface area (Å²) in [5.74, 6) is -0.630. The number of anilines is 1. The molecule has 1 amide bonds. The normalized spacial score (nSPS) is 11.1. The minimum atomic E-state index is -4.03. The maximum Gasteiger partial charge on any atom is 0.271 e. The topological polar surface area (TPSA) is 132 Å². The third kappa shape index (κ3) is 3.51. The summed E-state index contributed by atoms with van der Waals surface area (Å²) in [6.07, 6.45) is 0. The second-order valence-corrected chi connectivity index (χ2v) is 6.84. The quantitative estimate of drug-likeness (QED) is 0.630. The number of nitrogens with zero attached hydrogens (tertiary/aromatic N) is 1. The molecule has 0 saturated carbocycles. The van der Waals surface area contributed by atoms with E-state index in [0.29, 0.717) is 11.1 Å². The van der Waals surface area contributed by atoms with Gasteiger partial charge in [-0.15, -0.1) is 0 Å².